The number of anilines is 2. The molecule has 0 aliphatic heterocycles. The van der Waals surface area contributed by atoms with Gasteiger partial charge >= 0.3 is 0 Å². The van der Waals surface area contributed by atoms with E-state index in [4.69, 9.17) is 16.2 Å². The first-order valence-electron chi connectivity index (χ1n) is 6.78. The second-order valence-corrected chi connectivity index (χ2v) is 4.61. The Bertz CT molecular complexity index is 600. The molecule has 0 fully saturated rings. The van der Waals surface area contributed by atoms with Gasteiger partial charge in [-0.15, -0.1) is 0 Å². The Kier molecular flexibility index (Phi) is 5.04. The number of nitrogens with one attached hydrogen (secondary N) is 1. The number of primary amides is 1. The van der Waals surface area contributed by atoms with Crippen LogP contribution in [0, 0.1) is 0 Å². The molecule has 0 spiro atoms. The fourth-order valence-corrected chi connectivity index (χ4v) is 1.89. The van der Waals surface area contributed by atoms with Crippen LogP contribution in [0.5, 0.6) is 5.75 Å². The minimum atomic E-state index is -0.524. The molecule has 0 saturated carbocycles. The summed E-state index contributed by atoms with van der Waals surface area (Å²) in [4.78, 5) is 11.2. The molecule has 0 radical (unpaired) electrons. The van der Waals surface area contributed by atoms with Crippen LogP contribution in [0.2, 0.25) is 0 Å². The van der Waals surface area contributed by atoms with Crippen molar-refractivity contribution in [3.8, 4) is 5.75 Å². The first kappa shape index (κ1) is 14.7. The van der Waals surface area contributed by atoms with E-state index in [1.54, 1.807) is 12.1 Å². The lowest BCUT2D eigenvalue weighted by Gasteiger charge is -2.10. The van der Waals surface area contributed by atoms with Gasteiger partial charge in [0.2, 0.25) is 0 Å². The van der Waals surface area contributed by atoms with Gasteiger partial charge in [-0.3, -0.25) is 4.79 Å². The molecule has 5 heteroatoms. The number of para-hydroxylation sites is 1. The van der Waals surface area contributed by atoms with Crippen LogP contribution in [0.4, 0.5) is 11.4 Å². The zero-order valence-electron chi connectivity index (χ0n) is 11.7. The molecule has 2 aromatic carbocycles. The Hall–Kier alpha value is -2.69. The van der Waals surface area contributed by atoms with Crippen molar-refractivity contribution in [3.05, 3.63) is 54.1 Å². The average Bonchev–Trinajstić information content (AvgIpc) is 2.49. The van der Waals surface area contributed by atoms with E-state index >= 15 is 0 Å². The van der Waals surface area contributed by atoms with Crippen molar-refractivity contribution in [2.75, 3.05) is 24.2 Å². The van der Waals surface area contributed by atoms with Gasteiger partial charge in [-0.2, -0.15) is 0 Å². The minimum Gasteiger partial charge on any atom is -0.494 e. The van der Waals surface area contributed by atoms with Crippen LogP contribution >= 0.6 is 0 Å². The van der Waals surface area contributed by atoms with E-state index in [9.17, 15) is 4.79 Å². The third-order valence-electron chi connectivity index (χ3n) is 2.98. The first-order valence-corrected chi connectivity index (χ1v) is 6.78. The van der Waals surface area contributed by atoms with E-state index in [1.807, 2.05) is 36.4 Å². The summed E-state index contributed by atoms with van der Waals surface area (Å²) in [5.41, 5.74) is 12.5. The van der Waals surface area contributed by atoms with Gasteiger partial charge < -0.3 is 21.5 Å². The average molecular weight is 285 g/mol. The van der Waals surface area contributed by atoms with E-state index in [0.717, 1.165) is 24.4 Å². The lowest BCUT2D eigenvalue weighted by Crippen LogP contribution is -2.14. The number of carbonyl (C=O) groups excluding carboxylic acids is 1. The third kappa shape index (κ3) is 4.42. The lowest BCUT2D eigenvalue weighted by atomic mass is 10.1. The molecule has 5 nitrogen and oxygen atoms in total. The highest BCUT2D eigenvalue weighted by molar-refractivity contribution is 5.98. The molecule has 0 bridgehead atoms. The molecular weight excluding hydrogens is 266 g/mol. The van der Waals surface area contributed by atoms with Crippen molar-refractivity contribution >= 4 is 17.3 Å². The van der Waals surface area contributed by atoms with Crippen LogP contribution in [0.15, 0.2) is 48.5 Å². The molecule has 0 atom stereocenters. The summed E-state index contributed by atoms with van der Waals surface area (Å²) in [7, 11) is 0. The Morgan fingerprint density at radius 1 is 1.14 bits per heavy atom. The van der Waals surface area contributed by atoms with E-state index in [2.05, 4.69) is 5.32 Å². The first-order chi connectivity index (χ1) is 10.2. The summed E-state index contributed by atoms with van der Waals surface area (Å²) in [5.74, 6) is 0.338. The van der Waals surface area contributed by atoms with Crippen molar-refractivity contribution in [3.63, 3.8) is 0 Å². The van der Waals surface area contributed by atoms with Crippen molar-refractivity contribution in [1.29, 1.82) is 0 Å². The maximum Gasteiger partial charge on any atom is 0.250 e. The van der Waals surface area contributed by atoms with Crippen molar-refractivity contribution < 1.29 is 9.53 Å². The molecule has 5 N–H and O–H groups in total. The van der Waals surface area contributed by atoms with E-state index in [0.29, 0.717) is 17.9 Å². The third-order valence-corrected chi connectivity index (χ3v) is 2.98. The van der Waals surface area contributed by atoms with Crippen LogP contribution in [0.25, 0.3) is 0 Å². The summed E-state index contributed by atoms with van der Waals surface area (Å²) >= 11 is 0. The molecule has 0 aliphatic rings. The number of amides is 1. The van der Waals surface area contributed by atoms with Gasteiger partial charge in [-0.25, -0.2) is 0 Å². The topological polar surface area (TPSA) is 90.4 Å². The Balaban J connectivity index is 1.76. The molecule has 1 amide bonds. The predicted molar refractivity (Wildman–Crippen MR) is 84.4 cm³/mol. The molecule has 0 aromatic heterocycles. The van der Waals surface area contributed by atoms with E-state index in [1.165, 1.54) is 0 Å². The molecule has 0 unspecified atom stereocenters. The Labute approximate surface area is 123 Å². The number of carbonyl (C=O) groups is 1. The molecule has 0 heterocycles. The number of hydrogen-bond donors (Lipinski definition) is 3. The number of benzene rings is 2. The normalized spacial score (nSPS) is 10.1. The zero-order chi connectivity index (χ0) is 15.1. The molecule has 110 valence electrons. The maximum atomic E-state index is 11.2. The Morgan fingerprint density at radius 2 is 1.90 bits per heavy atom. The van der Waals surface area contributed by atoms with Crippen LogP contribution in [-0.2, 0) is 0 Å². The van der Waals surface area contributed by atoms with Gasteiger partial charge in [0, 0.05) is 17.9 Å². The number of rotatable bonds is 7. The standard InChI is InChI=1S/C16H19N3O2/c17-15-8-7-12(11-14(15)16(18)20)19-9-4-10-21-13-5-2-1-3-6-13/h1-3,5-8,11,19H,4,9-10,17H2,(H2,18,20). The summed E-state index contributed by atoms with van der Waals surface area (Å²) in [5, 5.41) is 3.21. The van der Waals surface area contributed by atoms with Crippen LogP contribution in [0.1, 0.15) is 16.8 Å². The largest absolute Gasteiger partial charge is 0.494 e. The molecule has 2 aromatic rings. The van der Waals surface area contributed by atoms with Gasteiger partial charge in [0.1, 0.15) is 5.75 Å². The molecular formula is C16H19N3O2. The molecule has 2 rings (SSSR count). The second-order valence-electron chi connectivity index (χ2n) is 4.61. The van der Waals surface area contributed by atoms with Crippen molar-refractivity contribution in [2.24, 2.45) is 5.73 Å². The van der Waals surface area contributed by atoms with Crippen LogP contribution < -0.4 is 21.5 Å². The fourth-order valence-electron chi connectivity index (χ4n) is 1.89. The number of nitrogen functional groups attached to an aromatic ring is 1. The monoisotopic (exact) mass is 285 g/mol. The zero-order valence-corrected chi connectivity index (χ0v) is 11.7. The van der Waals surface area contributed by atoms with Gasteiger partial charge in [0.05, 0.1) is 12.2 Å². The van der Waals surface area contributed by atoms with E-state index < -0.39 is 5.91 Å². The highest BCUT2D eigenvalue weighted by atomic mass is 16.5. The van der Waals surface area contributed by atoms with E-state index in [-0.39, 0.29) is 0 Å². The summed E-state index contributed by atoms with van der Waals surface area (Å²) < 4.78 is 5.59. The van der Waals surface area contributed by atoms with Crippen LogP contribution in [0.3, 0.4) is 0 Å². The van der Waals surface area contributed by atoms with Crippen molar-refractivity contribution in [2.45, 2.75) is 6.42 Å². The Morgan fingerprint density at radius 3 is 2.62 bits per heavy atom. The highest BCUT2D eigenvalue weighted by Crippen LogP contribution is 2.17. The summed E-state index contributed by atoms with van der Waals surface area (Å²) in [6, 6.07) is 14.8. The predicted octanol–water partition coefficient (Wildman–Crippen LogP) is 2.25. The summed E-state index contributed by atoms with van der Waals surface area (Å²) in [6.07, 6.45) is 0.838. The molecule has 21 heavy (non-hydrogen) atoms. The minimum absolute atomic E-state index is 0.334. The second kappa shape index (κ2) is 7.19. The summed E-state index contributed by atoms with van der Waals surface area (Å²) in [6.45, 7) is 1.35. The highest BCUT2D eigenvalue weighted by Gasteiger charge is 2.06. The number of hydrogen-bond acceptors (Lipinski definition) is 4. The van der Waals surface area contributed by atoms with Crippen molar-refractivity contribution in [1.82, 2.24) is 0 Å². The number of ether oxygens (including phenoxy) is 1. The van der Waals surface area contributed by atoms with Gasteiger partial charge in [-0.05, 0) is 36.8 Å². The van der Waals surface area contributed by atoms with Gasteiger partial charge in [0.25, 0.3) is 5.91 Å². The molecule has 0 aliphatic carbocycles. The van der Waals surface area contributed by atoms with Gasteiger partial charge in [0.15, 0.2) is 0 Å². The smallest absolute Gasteiger partial charge is 0.250 e. The fraction of sp³-hybridized carbons (Fsp3) is 0.188. The van der Waals surface area contributed by atoms with Crippen LogP contribution in [-0.4, -0.2) is 19.1 Å². The van der Waals surface area contributed by atoms with Gasteiger partial charge in [-0.1, -0.05) is 18.2 Å². The maximum absolute atomic E-state index is 11.2. The lowest BCUT2D eigenvalue weighted by molar-refractivity contribution is 0.100. The molecule has 0 saturated heterocycles. The SMILES string of the molecule is NC(=O)c1cc(NCCCOc2ccccc2)ccc1N. The number of nitrogens with two attached hydrogens (primary N) is 2. The quantitative estimate of drug-likeness (QED) is 0.537.